The number of benzene rings is 2. The molecule has 3 N–H and O–H groups in total. The number of nitrogens with one attached hydrogen (secondary N) is 1. The SMILES string of the molecule is CCOC(=O)[C@@H]1CC2(CCN(c3cc(O[C@H](c4ccc(-c5ccc6sncc6c5)cc4)C(F)(F)F)nc(N)n3)CC2)CN1. The van der Waals surface area contributed by atoms with Gasteiger partial charge in [0.25, 0.3) is 0 Å². The summed E-state index contributed by atoms with van der Waals surface area (Å²) in [7, 11) is 0. The van der Waals surface area contributed by atoms with E-state index in [1.807, 2.05) is 23.1 Å². The molecule has 2 aromatic carbocycles. The number of hydrogen-bond acceptors (Lipinski definition) is 10. The highest BCUT2D eigenvalue weighted by Crippen LogP contribution is 2.42. The monoisotopic (exact) mass is 612 g/mol. The number of piperidine rings is 1. The molecular weight excluding hydrogens is 581 g/mol. The highest BCUT2D eigenvalue weighted by Gasteiger charge is 2.45. The standard InChI is InChI=1S/C30H31F3N6O3S/c1-2-41-27(40)22-15-29(17-35-22)9-11-39(12-10-29)24-14-25(38-28(34)37-24)42-26(30(31,32)33)19-5-3-18(4-6-19)20-7-8-23-21(13-20)16-36-43-23/h3-8,13-14,16,22,26,35H,2,9-12,15,17H2,1H3,(H2,34,37,38)/t22-,26+/m0/s1. The largest absolute Gasteiger partial charge is 0.465 e. The molecule has 0 radical (unpaired) electrons. The molecule has 43 heavy (non-hydrogen) atoms. The number of carbonyl (C=O) groups is 1. The highest BCUT2D eigenvalue weighted by molar-refractivity contribution is 7.13. The number of rotatable bonds is 7. The minimum Gasteiger partial charge on any atom is -0.465 e. The van der Waals surface area contributed by atoms with E-state index in [4.69, 9.17) is 15.2 Å². The Morgan fingerprint density at radius 1 is 1.14 bits per heavy atom. The Morgan fingerprint density at radius 2 is 1.88 bits per heavy atom. The number of nitrogens with two attached hydrogens (primary N) is 1. The predicted octanol–water partition coefficient (Wildman–Crippen LogP) is 5.53. The van der Waals surface area contributed by atoms with Crippen LogP contribution in [0.3, 0.4) is 0 Å². The van der Waals surface area contributed by atoms with Crippen LogP contribution in [0.25, 0.3) is 21.2 Å². The number of carbonyl (C=O) groups excluding carboxylic acids is 1. The lowest BCUT2D eigenvalue weighted by Crippen LogP contribution is -2.41. The predicted molar refractivity (Wildman–Crippen MR) is 158 cm³/mol. The fourth-order valence-corrected chi connectivity index (χ4v) is 6.54. The van der Waals surface area contributed by atoms with Gasteiger partial charge < -0.3 is 25.4 Å². The number of anilines is 2. The van der Waals surface area contributed by atoms with Gasteiger partial charge in [0.1, 0.15) is 11.9 Å². The fourth-order valence-electron chi connectivity index (χ4n) is 5.92. The molecule has 1 spiro atoms. The molecule has 9 nitrogen and oxygen atoms in total. The maximum Gasteiger partial charge on any atom is 0.429 e. The van der Waals surface area contributed by atoms with E-state index in [1.165, 1.54) is 29.7 Å². The van der Waals surface area contributed by atoms with Crippen molar-refractivity contribution in [3.63, 3.8) is 0 Å². The molecule has 4 aromatic rings. The van der Waals surface area contributed by atoms with Gasteiger partial charge in [-0.2, -0.15) is 27.5 Å². The second-order valence-corrected chi connectivity index (χ2v) is 11.9. The van der Waals surface area contributed by atoms with E-state index in [0.717, 1.165) is 34.1 Å². The normalized spacial score (nSPS) is 19.1. The maximum atomic E-state index is 14.3. The average molecular weight is 613 g/mol. The van der Waals surface area contributed by atoms with Crippen LogP contribution in [0.2, 0.25) is 0 Å². The fraction of sp³-hybridized carbons (Fsp3) is 0.400. The minimum atomic E-state index is -4.70. The summed E-state index contributed by atoms with van der Waals surface area (Å²) in [5, 5.41) is 4.25. The summed E-state index contributed by atoms with van der Waals surface area (Å²) in [5.41, 5.74) is 7.48. The van der Waals surface area contributed by atoms with Crippen LogP contribution in [0.4, 0.5) is 24.9 Å². The molecule has 0 aliphatic carbocycles. The van der Waals surface area contributed by atoms with Crippen LogP contribution in [0.5, 0.6) is 5.88 Å². The number of ether oxygens (including phenoxy) is 2. The van der Waals surface area contributed by atoms with Gasteiger partial charge in [0.2, 0.25) is 17.9 Å². The van der Waals surface area contributed by atoms with Crippen LogP contribution < -0.4 is 20.7 Å². The lowest BCUT2D eigenvalue weighted by atomic mass is 9.76. The van der Waals surface area contributed by atoms with Crippen molar-refractivity contribution in [3.8, 4) is 17.0 Å². The third-order valence-corrected chi connectivity index (χ3v) is 9.00. The number of aromatic nitrogens is 3. The quantitative estimate of drug-likeness (QED) is 0.260. The number of halogens is 3. The van der Waals surface area contributed by atoms with Crippen molar-refractivity contribution in [2.24, 2.45) is 5.41 Å². The summed E-state index contributed by atoms with van der Waals surface area (Å²) in [6.07, 6.45) is -2.94. The smallest absolute Gasteiger partial charge is 0.429 e. The van der Waals surface area contributed by atoms with Gasteiger partial charge in [-0.25, -0.2) is 0 Å². The molecule has 2 aromatic heterocycles. The summed E-state index contributed by atoms with van der Waals surface area (Å²) in [5.74, 6) is -0.264. The first kappa shape index (κ1) is 29.1. The van der Waals surface area contributed by atoms with Crippen molar-refractivity contribution in [1.29, 1.82) is 0 Å². The van der Waals surface area contributed by atoms with Crippen LogP contribution in [-0.2, 0) is 9.53 Å². The van der Waals surface area contributed by atoms with E-state index in [-0.39, 0.29) is 34.8 Å². The van der Waals surface area contributed by atoms with E-state index in [0.29, 0.717) is 38.5 Å². The summed E-state index contributed by atoms with van der Waals surface area (Å²) >= 11 is 1.39. The molecule has 2 fully saturated rings. The van der Waals surface area contributed by atoms with Gasteiger partial charge in [-0.3, -0.25) is 4.79 Å². The first-order chi connectivity index (χ1) is 20.6. The number of nitrogen functional groups attached to an aromatic ring is 1. The van der Waals surface area contributed by atoms with Crippen molar-refractivity contribution >= 4 is 39.4 Å². The second-order valence-electron chi connectivity index (χ2n) is 11.0. The first-order valence-electron chi connectivity index (χ1n) is 14.1. The second kappa shape index (κ2) is 11.6. The molecule has 2 aliphatic rings. The molecule has 2 aliphatic heterocycles. The highest BCUT2D eigenvalue weighted by atomic mass is 32.1. The van der Waals surface area contributed by atoms with Gasteiger partial charge in [0.15, 0.2) is 0 Å². The van der Waals surface area contributed by atoms with Gasteiger partial charge in [-0.05, 0) is 66.4 Å². The molecule has 2 atom stereocenters. The molecule has 0 unspecified atom stereocenters. The van der Waals surface area contributed by atoms with Gasteiger partial charge in [0, 0.05) is 42.8 Å². The van der Waals surface area contributed by atoms with E-state index in [9.17, 15) is 18.0 Å². The summed E-state index contributed by atoms with van der Waals surface area (Å²) < 4.78 is 58.6. The van der Waals surface area contributed by atoms with E-state index < -0.39 is 12.3 Å². The summed E-state index contributed by atoms with van der Waals surface area (Å²) in [6, 6.07) is 13.0. The Kier molecular flexibility index (Phi) is 7.86. The number of nitrogens with zero attached hydrogens (tertiary/aromatic N) is 4. The third-order valence-electron chi connectivity index (χ3n) is 8.22. The Bertz CT molecular complexity index is 1600. The van der Waals surface area contributed by atoms with Crippen molar-refractivity contribution in [2.75, 3.05) is 36.9 Å². The lowest BCUT2D eigenvalue weighted by Gasteiger charge is -2.39. The number of fused-ring (bicyclic) bond motifs is 1. The van der Waals surface area contributed by atoms with Gasteiger partial charge >= 0.3 is 12.1 Å². The van der Waals surface area contributed by atoms with Gasteiger partial charge in [-0.15, -0.1) is 0 Å². The number of alkyl halides is 3. The zero-order chi connectivity index (χ0) is 30.2. The zero-order valence-electron chi connectivity index (χ0n) is 23.4. The molecule has 2 saturated heterocycles. The van der Waals surface area contributed by atoms with Crippen LogP contribution >= 0.6 is 11.5 Å². The van der Waals surface area contributed by atoms with Crippen LogP contribution in [-0.4, -0.2) is 58.8 Å². The maximum absolute atomic E-state index is 14.3. The Morgan fingerprint density at radius 3 is 2.60 bits per heavy atom. The topological polar surface area (TPSA) is 115 Å². The van der Waals surface area contributed by atoms with Gasteiger partial charge in [0.05, 0.1) is 11.3 Å². The molecule has 0 saturated carbocycles. The van der Waals surface area contributed by atoms with E-state index >= 15 is 0 Å². The van der Waals surface area contributed by atoms with Crippen molar-refractivity contribution in [3.05, 3.63) is 60.3 Å². The molecular formula is C30H31F3N6O3S. The Hall–Kier alpha value is -3.97. The molecule has 0 bridgehead atoms. The van der Waals surface area contributed by atoms with E-state index in [2.05, 4.69) is 19.7 Å². The van der Waals surface area contributed by atoms with Crippen molar-refractivity contribution in [1.82, 2.24) is 19.7 Å². The van der Waals surface area contributed by atoms with Crippen LogP contribution in [0.1, 0.15) is 37.9 Å². The Labute approximate surface area is 250 Å². The minimum absolute atomic E-state index is 0.0499. The van der Waals surface area contributed by atoms with Crippen molar-refractivity contribution in [2.45, 2.75) is 44.5 Å². The Balaban J connectivity index is 1.16. The third kappa shape index (κ3) is 6.23. The first-order valence-corrected chi connectivity index (χ1v) is 14.9. The summed E-state index contributed by atoms with van der Waals surface area (Å²) in [6.45, 7) is 4.03. The molecule has 226 valence electrons. The molecule has 4 heterocycles. The zero-order valence-corrected chi connectivity index (χ0v) is 24.3. The summed E-state index contributed by atoms with van der Waals surface area (Å²) in [4.78, 5) is 22.4. The number of hydrogen-bond donors (Lipinski definition) is 2. The molecule has 6 rings (SSSR count). The average Bonchev–Trinajstić information content (AvgIpc) is 3.63. The lowest BCUT2D eigenvalue weighted by molar-refractivity contribution is -0.198. The molecule has 13 heteroatoms. The van der Waals surface area contributed by atoms with E-state index in [1.54, 1.807) is 25.3 Å². The van der Waals surface area contributed by atoms with Crippen LogP contribution in [0, 0.1) is 5.41 Å². The molecule has 0 amide bonds. The van der Waals surface area contributed by atoms with Crippen LogP contribution in [0.15, 0.2) is 54.7 Å². The number of esters is 1. The van der Waals surface area contributed by atoms with Crippen molar-refractivity contribution < 1.29 is 27.4 Å². The van der Waals surface area contributed by atoms with Gasteiger partial charge in [-0.1, -0.05) is 30.3 Å².